The summed E-state index contributed by atoms with van der Waals surface area (Å²) in [6, 6.07) is 8.53. The highest BCUT2D eigenvalue weighted by atomic mass is 16.5. The molecule has 2 aliphatic rings. The molecule has 6 heteroatoms. The van der Waals surface area contributed by atoms with E-state index in [-0.39, 0.29) is 12.1 Å². The van der Waals surface area contributed by atoms with E-state index in [1.54, 1.807) is 0 Å². The van der Waals surface area contributed by atoms with Gasteiger partial charge in [-0.1, -0.05) is 17.3 Å². The molecule has 1 aliphatic heterocycles. The van der Waals surface area contributed by atoms with Crippen LogP contribution in [0.5, 0.6) is 0 Å². The zero-order valence-corrected chi connectivity index (χ0v) is 14.2. The summed E-state index contributed by atoms with van der Waals surface area (Å²) in [6.45, 7) is 1.41. The molecule has 1 aromatic heterocycles. The fraction of sp³-hybridized carbons (Fsp3) is 0.556. The highest BCUT2D eigenvalue weighted by molar-refractivity contribution is 5.46. The average Bonchev–Trinajstić information content (AvgIpc) is 3.18. The summed E-state index contributed by atoms with van der Waals surface area (Å²) >= 11 is 0. The van der Waals surface area contributed by atoms with Crippen molar-refractivity contribution in [2.75, 3.05) is 25.5 Å². The molecule has 0 amide bonds. The van der Waals surface area contributed by atoms with E-state index in [2.05, 4.69) is 44.2 Å². The highest BCUT2D eigenvalue weighted by Crippen LogP contribution is 2.40. The topological polar surface area (TPSA) is 65.6 Å². The van der Waals surface area contributed by atoms with Gasteiger partial charge in [0.25, 0.3) is 0 Å². The van der Waals surface area contributed by atoms with Crippen molar-refractivity contribution in [1.29, 1.82) is 0 Å². The first kappa shape index (κ1) is 15.6. The second-order valence-electron chi connectivity index (χ2n) is 7.16. The summed E-state index contributed by atoms with van der Waals surface area (Å²) in [4.78, 5) is 8.90. The van der Waals surface area contributed by atoms with Crippen LogP contribution in [0.25, 0.3) is 0 Å². The summed E-state index contributed by atoms with van der Waals surface area (Å²) in [5.74, 6) is 1.97. The molecule has 2 atom stereocenters. The molecule has 1 aliphatic carbocycles. The zero-order chi connectivity index (χ0) is 16.7. The lowest BCUT2D eigenvalue weighted by Crippen LogP contribution is -2.24. The Morgan fingerprint density at radius 3 is 2.67 bits per heavy atom. The molecule has 2 heterocycles. The minimum absolute atomic E-state index is 0.00789. The van der Waals surface area contributed by atoms with E-state index in [0.717, 1.165) is 25.2 Å². The summed E-state index contributed by atoms with van der Waals surface area (Å²) in [6.07, 6.45) is 2.64. The van der Waals surface area contributed by atoms with Crippen LogP contribution in [0, 0.1) is 0 Å². The van der Waals surface area contributed by atoms with Gasteiger partial charge in [0.2, 0.25) is 5.89 Å². The molecule has 128 valence electrons. The van der Waals surface area contributed by atoms with E-state index >= 15 is 0 Å². The molecule has 0 bridgehead atoms. The van der Waals surface area contributed by atoms with E-state index in [9.17, 15) is 5.11 Å². The Balaban J connectivity index is 1.49. The van der Waals surface area contributed by atoms with Gasteiger partial charge in [-0.25, -0.2) is 0 Å². The van der Waals surface area contributed by atoms with Crippen molar-refractivity contribution in [3.05, 3.63) is 41.5 Å². The lowest BCUT2D eigenvalue weighted by molar-refractivity contribution is 0.169. The smallest absolute Gasteiger partial charge is 0.244 e. The van der Waals surface area contributed by atoms with Crippen LogP contribution < -0.4 is 4.90 Å². The number of aliphatic hydroxyl groups excluding tert-OH is 1. The molecule has 1 aromatic carbocycles. The summed E-state index contributed by atoms with van der Waals surface area (Å²) in [5, 5.41) is 14.2. The van der Waals surface area contributed by atoms with Gasteiger partial charge >= 0.3 is 0 Å². The quantitative estimate of drug-likeness (QED) is 0.909. The molecular weight excluding hydrogens is 304 g/mol. The van der Waals surface area contributed by atoms with Gasteiger partial charge < -0.3 is 14.5 Å². The van der Waals surface area contributed by atoms with Crippen molar-refractivity contribution in [2.24, 2.45) is 0 Å². The third kappa shape index (κ3) is 3.16. The van der Waals surface area contributed by atoms with E-state index in [1.807, 2.05) is 14.1 Å². The van der Waals surface area contributed by atoms with Crippen molar-refractivity contribution < 1.29 is 9.63 Å². The third-order valence-electron chi connectivity index (χ3n) is 4.90. The Hall–Kier alpha value is -1.92. The summed E-state index contributed by atoms with van der Waals surface area (Å²) in [7, 11) is 4.07. The van der Waals surface area contributed by atoms with Crippen LogP contribution in [0.15, 0.2) is 28.8 Å². The average molecular weight is 328 g/mol. The molecular formula is C18H24N4O2. The van der Waals surface area contributed by atoms with Gasteiger partial charge in [0.1, 0.15) is 0 Å². The number of nitrogens with zero attached hydrogens (tertiary/aromatic N) is 4. The predicted octanol–water partition coefficient (Wildman–Crippen LogP) is 2.32. The molecule has 1 saturated heterocycles. The van der Waals surface area contributed by atoms with Crippen molar-refractivity contribution in [3.63, 3.8) is 0 Å². The Morgan fingerprint density at radius 1 is 1.25 bits per heavy atom. The number of hydrogen-bond acceptors (Lipinski definition) is 6. The molecule has 0 radical (unpaired) electrons. The molecule has 4 rings (SSSR count). The number of rotatable bonds is 5. The zero-order valence-electron chi connectivity index (χ0n) is 14.2. The van der Waals surface area contributed by atoms with Crippen LogP contribution in [0.4, 0.5) is 5.69 Å². The number of aromatic nitrogens is 2. The Bertz CT molecular complexity index is 693. The Morgan fingerprint density at radius 2 is 2.00 bits per heavy atom. The van der Waals surface area contributed by atoms with Gasteiger partial charge in [0, 0.05) is 38.8 Å². The van der Waals surface area contributed by atoms with E-state index in [0.29, 0.717) is 24.8 Å². The predicted molar refractivity (Wildman–Crippen MR) is 90.8 cm³/mol. The molecule has 24 heavy (non-hydrogen) atoms. The minimum Gasteiger partial charge on any atom is -0.392 e. The maximum atomic E-state index is 10.1. The van der Waals surface area contributed by atoms with Crippen molar-refractivity contribution in [3.8, 4) is 0 Å². The summed E-state index contributed by atoms with van der Waals surface area (Å²) < 4.78 is 5.50. The maximum absolute atomic E-state index is 10.1. The van der Waals surface area contributed by atoms with Crippen LogP contribution >= 0.6 is 0 Å². The second-order valence-corrected chi connectivity index (χ2v) is 7.16. The molecule has 0 spiro atoms. The number of β-amino-alcohol motifs (C(OH)–C–C–N with tert-alkyl or cyclic N) is 1. The van der Waals surface area contributed by atoms with Gasteiger partial charge in [-0.05, 0) is 37.0 Å². The first-order valence-corrected chi connectivity index (χ1v) is 8.62. The molecule has 2 aromatic rings. The lowest BCUT2D eigenvalue weighted by Gasteiger charge is -2.21. The van der Waals surface area contributed by atoms with E-state index < -0.39 is 0 Å². The van der Waals surface area contributed by atoms with Gasteiger partial charge in [-0.15, -0.1) is 0 Å². The number of benzene rings is 1. The van der Waals surface area contributed by atoms with Crippen LogP contribution in [0.3, 0.4) is 0 Å². The van der Waals surface area contributed by atoms with Crippen LogP contribution in [-0.2, 0) is 6.54 Å². The van der Waals surface area contributed by atoms with E-state index in [4.69, 9.17) is 4.52 Å². The van der Waals surface area contributed by atoms with Crippen LogP contribution in [0.1, 0.15) is 48.5 Å². The number of aliphatic hydroxyl groups is 1. The lowest BCUT2D eigenvalue weighted by atomic mass is 10.1. The Kier molecular flexibility index (Phi) is 4.02. The third-order valence-corrected chi connectivity index (χ3v) is 4.90. The first-order chi connectivity index (χ1) is 11.6. The molecule has 2 fully saturated rings. The normalized spacial score (nSPS) is 24.5. The minimum atomic E-state index is -0.340. The fourth-order valence-electron chi connectivity index (χ4n) is 3.33. The van der Waals surface area contributed by atoms with Crippen LogP contribution in [-0.4, -0.2) is 46.9 Å². The van der Waals surface area contributed by atoms with E-state index in [1.165, 1.54) is 11.3 Å². The van der Waals surface area contributed by atoms with Gasteiger partial charge in [0.05, 0.1) is 12.1 Å². The van der Waals surface area contributed by atoms with Crippen LogP contribution in [0.2, 0.25) is 0 Å². The molecule has 1 N–H and O–H groups in total. The van der Waals surface area contributed by atoms with Gasteiger partial charge in [0.15, 0.2) is 5.82 Å². The maximum Gasteiger partial charge on any atom is 0.244 e. The standard InChI is InChI=1S/C18H24N4O2/c1-21(2)14-7-3-12(4-8-14)10-22-11-15(23)9-16(22)18-19-17(20-24-18)13-5-6-13/h3-4,7-8,13,15-16,23H,5-6,9-11H2,1-2H3. The highest BCUT2D eigenvalue weighted by Gasteiger charge is 2.37. The molecule has 2 unspecified atom stereocenters. The van der Waals surface area contributed by atoms with Crippen molar-refractivity contribution >= 4 is 5.69 Å². The monoisotopic (exact) mass is 328 g/mol. The Labute approximate surface area is 142 Å². The fourth-order valence-corrected chi connectivity index (χ4v) is 3.33. The molecule has 1 saturated carbocycles. The largest absolute Gasteiger partial charge is 0.392 e. The van der Waals surface area contributed by atoms with Crippen molar-refractivity contribution in [2.45, 2.75) is 43.9 Å². The number of likely N-dealkylation sites (tertiary alicyclic amines) is 1. The number of anilines is 1. The molecule has 6 nitrogen and oxygen atoms in total. The van der Waals surface area contributed by atoms with Gasteiger partial charge in [-0.3, -0.25) is 4.90 Å². The van der Waals surface area contributed by atoms with Gasteiger partial charge in [-0.2, -0.15) is 4.98 Å². The summed E-state index contributed by atoms with van der Waals surface area (Å²) in [5.41, 5.74) is 2.41. The number of hydrogen-bond donors (Lipinski definition) is 1. The SMILES string of the molecule is CN(C)c1ccc(CN2CC(O)CC2c2nc(C3CC3)no2)cc1. The first-order valence-electron chi connectivity index (χ1n) is 8.62. The van der Waals surface area contributed by atoms with Crippen molar-refractivity contribution in [1.82, 2.24) is 15.0 Å². The second kappa shape index (κ2) is 6.18.